The second-order valence-corrected chi connectivity index (χ2v) is 6.18. The summed E-state index contributed by atoms with van der Waals surface area (Å²) < 4.78 is 31.4. The molecule has 0 N–H and O–H groups in total. The van der Waals surface area contributed by atoms with E-state index in [2.05, 4.69) is 6.92 Å². The number of carbonyl (C=O) groups excluding carboxylic acids is 1. The van der Waals surface area contributed by atoms with E-state index in [0.717, 1.165) is 12.8 Å². The van der Waals surface area contributed by atoms with Crippen LogP contribution in [0.2, 0.25) is 0 Å². The van der Waals surface area contributed by atoms with E-state index in [0.29, 0.717) is 72.5 Å². The van der Waals surface area contributed by atoms with Gasteiger partial charge in [-0.3, -0.25) is 4.79 Å². The van der Waals surface area contributed by atoms with E-state index in [-0.39, 0.29) is 5.97 Å². The Balaban J connectivity index is 3.10. The van der Waals surface area contributed by atoms with E-state index >= 15 is 0 Å². The van der Waals surface area contributed by atoms with Crippen LogP contribution < -0.4 is 0 Å². The Morgan fingerprint density at radius 2 is 1.04 bits per heavy atom. The normalized spacial score (nSPS) is 11.0. The fourth-order valence-electron chi connectivity index (χ4n) is 2.24. The van der Waals surface area contributed by atoms with E-state index in [9.17, 15) is 4.79 Å². The summed E-state index contributed by atoms with van der Waals surface area (Å²) in [6.07, 6.45) is 7.52. The zero-order valence-corrected chi connectivity index (χ0v) is 17.4. The highest BCUT2D eigenvalue weighted by molar-refractivity contribution is 5.69. The summed E-state index contributed by atoms with van der Waals surface area (Å²) in [5, 5.41) is 0. The summed E-state index contributed by atoms with van der Waals surface area (Å²) in [7, 11) is 1.64. The molecule has 0 aromatic heterocycles. The van der Waals surface area contributed by atoms with Gasteiger partial charge < -0.3 is 28.4 Å². The van der Waals surface area contributed by atoms with Crippen molar-refractivity contribution in [3.8, 4) is 0 Å². The summed E-state index contributed by atoms with van der Waals surface area (Å²) in [5.74, 6) is -0.131. The van der Waals surface area contributed by atoms with Crippen LogP contribution in [-0.2, 0) is 33.2 Å². The van der Waals surface area contributed by atoms with Crippen LogP contribution in [0.5, 0.6) is 0 Å². The fraction of sp³-hybridized carbons (Fsp3) is 0.950. The molecule has 0 amide bonds. The first-order chi connectivity index (χ1) is 13.3. The lowest BCUT2D eigenvalue weighted by Gasteiger charge is -2.08. The molecule has 27 heavy (non-hydrogen) atoms. The Kier molecular flexibility index (Phi) is 22.7. The van der Waals surface area contributed by atoms with Gasteiger partial charge in [0.25, 0.3) is 0 Å². The Labute approximate surface area is 165 Å². The SMILES string of the molecule is CCCCCCCCC(=O)OCCOCCOCCOCCOCCOC. The zero-order chi connectivity index (χ0) is 19.8. The highest BCUT2D eigenvalue weighted by Gasteiger charge is 2.02. The largest absolute Gasteiger partial charge is 0.463 e. The predicted molar refractivity (Wildman–Crippen MR) is 104 cm³/mol. The summed E-state index contributed by atoms with van der Waals surface area (Å²) in [4.78, 5) is 11.5. The molecule has 0 unspecified atom stereocenters. The summed E-state index contributed by atoms with van der Waals surface area (Å²) >= 11 is 0. The van der Waals surface area contributed by atoms with Crippen LogP contribution >= 0.6 is 0 Å². The molecule has 0 radical (unpaired) electrons. The molecule has 0 aliphatic heterocycles. The average molecular weight is 393 g/mol. The predicted octanol–water partition coefficient (Wildman–Crippen LogP) is 2.99. The number of hydrogen-bond acceptors (Lipinski definition) is 7. The van der Waals surface area contributed by atoms with Crippen LogP contribution in [-0.4, -0.2) is 79.1 Å². The number of methoxy groups -OCH3 is 1. The third-order valence-electron chi connectivity index (χ3n) is 3.77. The molecule has 7 nitrogen and oxygen atoms in total. The quantitative estimate of drug-likeness (QED) is 0.207. The average Bonchev–Trinajstić information content (AvgIpc) is 2.67. The highest BCUT2D eigenvalue weighted by atomic mass is 16.6. The van der Waals surface area contributed by atoms with Gasteiger partial charge in [-0.25, -0.2) is 0 Å². The number of carbonyl (C=O) groups is 1. The molecule has 0 saturated carbocycles. The van der Waals surface area contributed by atoms with Crippen LogP contribution in [0.1, 0.15) is 51.9 Å². The minimum Gasteiger partial charge on any atom is -0.463 e. The molecule has 0 fully saturated rings. The zero-order valence-electron chi connectivity index (χ0n) is 17.4. The van der Waals surface area contributed by atoms with Gasteiger partial charge in [0, 0.05) is 13.5 Å². The standard InChI is InChI=1S/C20H40O7/c1-3-4-5-6-7-8-9-20(21)27-19-18-26-17-16-25-15-14-24-13-12-23-11-10-22-2/h3-19H2,1-2H3. The van der Waals surface area contributed by atoms with Crippen molar-refractivity contribution in [1.29, 1.82) is 0 Å². The van der Waals surface area contributed by atoms with Gasteiger partial charge in [0.15, 0.2) is 0 Å². The van der Waals surface area contributed by atoms with Gasteiger partial charge >= 0.3 is 5.97 Å². The van der Waals surface area contributed by atoms with Crippen LogP contribution in [0.4, 0.5) is 0 Å². The molecular weight excluding hydrogens is 352 g/mol. The number of ether oxygens (including phenoxy) is 6. The van der Waals surface area contributed by atoms with Crippen molar-refractivity contribution in [3.05, 3.63) is 0 Å². The smallest absolute Gasteiger partial charge is 0.305 e. The highest BCUT2D eigenvalue weighted by Crippen LogP contribution is 2.07. The lowest BCUT2D eigenvalue weighted by Crippen LogP contribution is -2.14. The van der Waals surface area contributed by atoms with Crippen molar-refractivity contribution in [3.63, 3.8) is 0 Å². The molecule has 0 saturated heterocycles. The first-order valence-electron chi connectivity index (χ1n) is 10.3. The van der Waals surface area contributed by atoms with Gasteiger partial charge in [-0.2, -0.15) is 0 Å². The number of rotatable bonds is 22. The Bertz CT molecular complexity index is 300. The molecule has 162 valence electrons. The molecule has 0 atom stereocenters. The van der Waals surface area contributed by atoms with E-state index in [1.807, 2.05) is 0 Å². The maximum absolute atomic E-state index is 11.5. The van der Waals surface area contributed by atoms with Gasteiger partial charge in [-0.15, -0.1) is 0 Å². The van der Waals surface area contributed by atoms with Crippen molar-refractivity contribution < 1.29 is 33.2 Å². The van der Waals surface area contributed by atoms with Gasteiger partial charge in [0.2, 0.25) is 0 Å². The fourth-order valence-corrected chi connectivity index (χ4v) is 2.24. The number of esters is 1. The second kappa shape index (κ2) is 23.3. The monoisotopic (exact) mass is 392 g/mol. The van der Waals surface area contributed by atoms with Crippen LogP contribution in [0.15, 0.2) is 0 Å². The maximum atomic E-state index is 11.5. The van der Waals surface area contributed by atoms with E-state index < -0.39 is 0 Å². The minimum atomic E-state index is -0.131. The van der Waals surface area contributed by atoms with Crippen LogP contribution in [0.3, 0.4) is 0 Å². The van der Waals surface area contributed by atoms with Gasteiger partial charge in [0.05, 0.1) is 59.5 Å². The lowest BCUT2D eigenvalue weighted by molar-refractivity contribution is -0.145. The lowest BCUT2D eigenvalue weighted by atomic mass is 10.1. The van der Waals surface area contributed by atoms with Gasteiger partial charge in [-0.05, 0) is 6.42 Å². The molecule has 0 aliphatic rings. The van der Waals surface area contributed by atoms with Gasteiger partial charge in [-0.1, -0.05) is 39.0 Å². The van der Waals surface area contributed by atoms with E-state index in [1.165, 1.54) is 25.7 Å². The molecule has 0 heterocycles. The Morgan fingerprint density at radius 3 is 1.56 bits per heavy atom. The summed E-state index contributed by atoms with van der Waals surface area (Å²) in [6.45, 7) is 7.24. The van der Waals surface area contributed by atoms with E-state index in [1.54, 1.807) is 7.11 Å². The topological polar surface area (TPSA) is 72.5 Å². The van der Waals surface area contributed by atoms with Crippen molar-refractivity contribution in [2.24, 2.45) is 0 Å². The van der Waals surface area contributed by atoms with Crippen LogP contribution in [0.25, 0.3) is 0 Å². The molecule has 7 heteroatoms. The van der Waals surface area contributed by atoms with Crippen molar-refractivity contribution in [2.45, 2.75) is 51.9 Å². The van der Waals surface area contributed by atoms with Crippen molar-refractivity contribution in [1.82, 2.24) is 0 Å². The minimum absolute atomic E-state index is 0.131. The first kappa shape index (κ1) is 26.3. The molecule has 0 bridgehead atoms. The van der Waals surface area contributed by atoms with Crippen LogP contribution in [0, 0.1) is 0 Å². The molecular formula is C20H40O7. The Hall–Kier alpha value is -0.730. The molecule has 0 aromatic rings. The number of unbranched alkanes of at least 4 members (excludes halogenated alkanes) is 5. The van der Waals surface area contributed by atoms with Gasteiger partial charge in [0.1, 0.15) is 6.61 Å². The molecule has 0 spiro atoms. The number of hydrogen-bond donors (Lipinski definition) is 0. The summed E-state index contributed by atoms with van der Waals surface area (Å²) in [6, 6.07) is 0. The maximum Gasteiger partial charge on any atom is 0.305 e. The Morgan fingerprint density at radius 1 is 0.593 bits per heavy atom. The molecule has 0 rings (SSSR count). The summed E-state index contributed by atoms with van der Waals surface area (Å²) in [5.41, 5.74) is 0. The molecule has 0 aromatic carbocycles. The third-order valence-corrected chi connectivity index (χ3v) is 3.77. The van der Waals surface area contributed by atoms with E-state index in [4.69, 9.17) is 28.4 Å². The van der Waals surface area contributed by atoms with Crippen molar-refractivity contribution in [2.75, 3.05) is 73.2 Å². The molecule has 0 aliphatic carbocycles. The van der Waals surface area contributed by atoms with Crippen molar-refractivity contribution >= 4 is 5.97 Å². The second-order valence-electron chi connectivity index (χ2n) is 6.18. The third kappa shape index (κ3) is 23.2. The first-order valence-corrected chi connectivity index (χ1v) is 10.3.